The molecule has 1 aliphatic rings. The largest absolute Gasteiger partial charge is 0.497 e. The average molecular weight is 632 g/mol. The fourth-order valence-electron chi connectivity index (χ4n) is 5.67. The smallest absolute Gasteiger partial charge is 0.410 e. The van der Waals surface area contributed by atoms with Crippen molar-refractivity contribution in [2.24, 2.45) is 5.92 Å². The van der Waals surface area contributed by atoms with Gasteiger partial charge in [-0.3, -0.25) is 0 Å². The number of anilines is 3. The molecule has 250 valence electrons. The highest BCUT2D eigenvalue weighted by atomic mass is 16.6. The molecular weight excluding hydrogens is 578 g/mol. The van der Waals surface area contributed by atoms with Crippen LogP contribution in [0.25, 0.3) is 0 Å². The second kappa shape index (κ2) is 16.4. The maximum atomic E-state index is 12.6. The maximum absolute atomic E-state index is 12.6. The molecule has 0 radical (unpaired) electrons. The Bertz CT molecular complexity index is 1330. The minimum atomic E-state index is -0.491. The van der Waals surface area contributed by atoms with E-state index in [1.54, 1.807) is 14.2 Å². The van der Waals surface area contributed by atoms with Crippen LogP contribution in [0, 0.1) is 5.92 Å². The van der Waals surface area contributed by atoms with Crippen molar-refractivity contribution in [1.82, 2.24) is 9.88 Å². The van der Waals surface area contributed by atoms with E-state index in [4.69, 9.17) is 24.9 Å². The number of nitrogens with one attached hydrogen (secondary N) is 1. The Labute approximate surface area is 275 Å². The molecule has 0 unspecified atom stereocenters. The van der Waals surface area contributed by atoms with Crippen LogP contribution in [0.5, 0.6) is 11.5 Å². The van der Waals surface area contributed by atoms with E-state index in [1.807, 2.05) is 49.9 Å². The number of unbranched alkanes of at least 4 members (excludes halogenated alkanes) is 2. The van der Waals surface area contributed by atoms with Crippen molar-refractivity contribution in [1.29, 1.82) is 0 Å². The van der Waals surface area contributed by atoms with Gasteiger partial charge in [0.05, 0.1) is 25.6 Å². The Balaban J connectivity index is 1.57. The summed E-state index contributed by atoms with van der Waals surface area (Å²) in [5.41, 5.74) is 11.3. The molecule has 2 aromatic carbocycles. The van der Waals surface area contributed by atoms with Gasteiger partial charge >= 0.3 is 6.09 Å². The molecule has 1 aromatic heterocycles. The van der Waals surface area contributed by atoms with Crippen LogP contribution >= 0.6 is 0 Å². The van der Waals surface area contributed by atoms with Gasteiger partial charge < -0.3 is 35.1 Å². The molecule has 0 aliphatic carbocycles. The van der Waals surface area contributed by atoms with Crippen LogP contribution in [0.4, 0.5) is 22.0 Å². The van der Waals surface area contributed by atoms with Crippen LogP contribution in [-0.4, -0.2) is 55.4 Å². The van der Waals surface area contributed by atoms with Crippen LogP contribution in [0.3, 0.4) is 0 Å². The quantitative estimate of drug-likeness (QED) is 0.175. The Morgan fingerprint density at radius 3 is 2.02 bits per heavy atom. The number of hydrogen-bond acceptors (Lipinski definition) is 8. The number of rotatable bonds is 14. The van der Waals surface area contributed by atoms with Crippen LogP contribution in [0.15, 0.2) is 54.6 Å². The highest BCUT2D eigenvalue weighted by Crippen LogP contribution is 2.34. The van der Waals surface area contributed by atoms with Gasteiger partial charge in [-0.05, 0) is 93.8 Å². The first-order chi connectivity index (χ1) is 22.1. The van der Waals surface area contributed by atoms with E-state index in [2.05, 4.69) is 47.5 Å². The molecule has 9 heteroatoms. The summed E-state index contributed by atoms with van der Waals surface area (Å²) in [5, 5.41) is 3.69. The molecule has 9 nitrogen and oxygen atoms in total. The third-order valence-corrected chi connectivity index (χ3v) is 8.34. The number of piperidine rings is 1. The fourth-order valence-corrected chi connectivity index (χ4v) is 5.67. The van der Waals surface area contributed by atoms with Crippen LogP contribution < -0.4 is 25.4 Å². The number of hydrogen-bond donors (Lipinski definition) is 2. The topological polar surface area (TPSA) is 102 Å². The van der Waals surface area contributed by atoms with E-state index in [-0.39, 0.29) is 6.09 Å². The second-order valence-electron chi connectivity index (χ2n) is 13.2. The van der Waals surface area contributed by atoms with E-state index in [9.17, 15) is 4.79 Å². The first-order valence-corrected chi connectivity index (χ1v) is 16.6. The van der Waals surface area contributed by atoms with Crippen molar-refractivity contribution in [2.75, 3.05) is 49.8 Å². The molecule has 1 saturated heterocycles. The number of likely N-dealkylation sites (tertiary alicyclic amines) is 1. The summed E-state index contributed by atoms with van der Waals surface area (Å²) in [6.07, 6.45) is 5.86. The van der Waals surface area contributed by atoms with Crippen molar-refractivity contribution in [3.63, 3.8) is 0 Å². The molecule has 46 heavy (non-hydrogen) atoms. The molecule has 1 aliphatic heterocycles. The molecule has 3 N–H and O–H groups in total. The number of amides is 1. The SMILES string of the molecule is CCCCCc1cc(NCC2CCN(C(=O)OC(C)(C)C)CC2)c(N)c(N(Cc2ccc(OC)cc2)Cc2ccc(OC)cc2)n1. The summed E-state index contributed by atoms with van der Waals surface area (Å²) < 4.78 is 16.4. The van der Waals surface area contributed by atoms with Crippen molar-refractivity contribution in [2.45, 2.75) is 84.9 Å². The predicted molar refractivity (Wildman–Crippen MR) is 187 cm³/mol. The van der Waals surface area contributed by atoms with Crippen LogP contribution in [0.2, 0.25) is 0 Å². The minimum absolute atomic E-state index is 0.229. The lowest BCUT2D eigenvalue weighted by Crippen LogP contribution is -2.42. The van der Waals surface area contributed by atoms with E-state index >= 15 is 0 Å². The van der Waals surface area contributed by atoms with E-state index in [0.29, 0.717) is 37.8 Å². The molecule has 3 aromatic rings. The molecule has 0 spiro atoms. The first-order valence-electron chi connectivity index (χ1n) is 16.6. The third kappa shape index (κ3) is 10.2. The zero-order chi connectivity index (χ0) is 33.1. The maximum Gasteiger partial charge on any atom is 0.410 e. The third-order valence-electron chi connectivity index (χ3n) is 8.34. The van der Waals surface area contributed by atoms with Crippen LogP contribution in [-0.2, 0) is 24.2 Å². The Morgan fingerprint density at radius 2 is 1.52 bits per heavy atom. The fraction of sp³-hybridized carbons (Fsp3) is 0.514. The lowest BCUT2D eigenvalue weighted by Gasteiger charge is -2.33. The van der Waals surface area contributed by atoms with Gasteiger partial charge in [0.1, 0.15) is 17.1 Å². The number of nitrogens with two attached hydrogens (primary N) is 1. The van der Waals surface area contributed by atoms with Gasteiger partial charge in [0.15, 0.2) is 5.82 Å². The lowest BCUT2D eigenvalue weighted by atomic mass is 9.97. The molecule has 4 rings (SSSR count). The molecule has 1 amide bonds. The lowest BCUT2D eigenvalue weighted by molar-refractivity contribution is 0.0188. The van der Waals surface area contributed by atoms with Gasteiger partial charge in [-0.25, -0.2) is 9.78 Å². The van der Waals surface area contributed by atoms with Gasteiger partial charge in [0, 0.05) is 38.4 Å². The monoisotopic (exact) mass is 631 g/mol. The van der Waals surface area contributed by atoms with E-state index in [1.165, 1.54) is 0 Å². The summed E-state index contributed by atoms with van der Waals surface area (Å²) in [7, 11) is 3.36. The van der Waals surface area contributed by atoms with Crippen molar-refractivity contribution < 1.29 is 19.0 Å². The van der Waals surface area contributed by atoms with E-state index < -0.39 is 5.60 Å². The number of carbonyl (C=O) groups is 1. The number of nitrogen functional groups attached to an aromatic ring is 1. The van der Waals surface area contributed by atoms with Crippen molar-refractivity contribution >= 4 is 23.3 Å². The molecule has 2 heterocycles. The minimum Gasteiger partial charge on any atom is -0.497 e. The number of pyridine rings is 1. The number of aryl methyl sites for hydroxylation is 1. The number of aromatic nitrogens is 1. The van der Waals surface area contributed by atoms with Crippen LogP contribution in [0.1, 0.15) is 76.6 Å². The second-order valence-corrected chi connectivity index (χ2v) is 13.2. The standard InChI is InChI=1S/C37H53N5O4/c1-7-8-9-10-30-23-33(39-24-27-19-21-41(22-20-27)36(43)46-37(2,3)4)34(38)35(40-30)42(25-28-11-15-31(44-5)16-12-28)26-29-13-17-32(45-6)18-14-29/h11-18,23,27H,7-10,19-22,24-26,38H2,1-6H3,(H,39,40). The summed E-state index contributed by atoms with van der Waals surface area (Å²) >= 11 is 0. The molecule has 0 bridgehead atoms. The Hall–Kier alpha value is -4.14. The van der Waals surface area contributed by atoms with Crippen molar-refractivity contribution in [3.8, 4) is 11.5 Å². The van der Waals surface area contributed by atoms with Gasteiger partial charge in [-0.15, -0.1) is 0 Å². The summed E-state index contributed by atoms with van der Waals surface area (Å²) in [6, 6.07) is 18.4. The van der Waals surface area contributed by atoms with Gasteiger partial charge in [0.2, 0.25) is 0 Å². The Kier molecular flexibility index (Phi) is 12.4. The highest BCUT2D eigenvalue weighted by Gasteiger charge is 2.27. The number of carbonyl (C=O) groups excluding carboxylic acids is 1. The zero-order valence-electron chi connectivity index (χ0n) is 28.6. The number of methoxy groups -OCH3 is 2. The first kappa shape index (κ1) is 34.7. The van der Waals surface area contributed by atoms with Gasteiger partial charge in [0.25, 0.3) is 0 Å². The number of nitrogens with zero attached hydrogens (tertiary/aromatic N) is 3. The normalized spacial score (nSPS) is 13.7. The molecule has 1 fully saturated rings. The van der Waals surface area contributed by atoms with E-state index in [0.717, 1.165) is 84.9 Å². The summed E-state index contributed by atoms with van der Waals surface area (Å²) in [6.45, 7) is 11.4. The molecule has 0 atom stereocenters. The van der Waals surface area contributed by atoms with Gasteiger partial charge in [-0.2, -0.15) is 0 Å². The summed E-state index contributed by atoms with van der Waals surface area (Å²) in [4.78, 5) is 21.8. The average Bonchev–Trinajstić information content (AvgIpc) is 3.04. The molecule has 0 saturated carbocycles. The summed E-state index contributed by atoms with van der Waals surface area (Å²) in [5.74, 6) is 2.85. The predicted octanol–water partition coefficient (Wildman–Crippen LogP) is 7.68. The number of benzene rings is 2. The highest BCUT2D eigenvalue weighted by molar-refractivity contribution is 5.79. The number of ether oxygens (including phenoxy) is 3. The zero-order valence-corrected chi connectivity index (χ0v) is 28.6. The van der Waals surface area contributed by atoms with Crippen molar-refractivity contribution in [3.05, 3.63) is 71.4 Å². The molecular formula is C37H53N5O4. The van der Waals surface area contributed by atoms with Gasteiger partial charge in [-0.1, -0.05) is 44.0 Å². The Morgan fingerprint density at radius 1 is 0.957 bits per heavy atom.